The van der Waals surface area contributed by atoms with Gasteiger partial charge in [0.05, 0.1) is 6.26 Å². The number of rotatable bonds is 3. The lowest BCUT2D eigenvalue weighted by Gasteiger charge is -1.87. The topological polar surface area (TPSA) is 26.3 Å². The summed E-state index contributed by atoms with van der Waals surface area (Å²) in [5.41, 5.74) is 0. The molecule has 3 heteroatoms. The molecule has 0 unspecified atom stereocenters. The van der Waals surface area contributed by atoms with E-state index < -0.39 is 0 Å². The largest absolute Gasteiger partial charge is 0.432 e. The van der Waals surface area contributed by atoms with Crippen molar-refractivity contribution in [1.29, 1.82) is 0 Å². The van der Waals surface area contributed by atoms with Gasteiger partial charge in [0.25, 0.3) is 0 Å². The van der Waals surface area contributed by atoms with Crippen LogP contribution in [0.3, 0.4) is 0 Å². The molecule has 0 spiro atoms. The van der Waals surface area contributed by atoms with Crippen LogP contribution in [-0.4, -0.2) is 16.2 Å². The Hall–Kier alpha value is -0.833. The first kappa shape index (κ1) is 8.17. The fourth-order valence-corrected chi connectivity index (χ4v) is 0.571. The summed E-state index contributed by atoms with van der Waals surface area (Å²) in [5, 5.41) is 0. The Balaban J connectivity index is 3.49. The monoisotopic (exact) mass is 142 g/mol. The zero-order valence-corrected chi connectivity index (χ0v) is 7.46. The summed E-state index contributed by atoms with van der Waals surface area (Å²) >= 11 is 0. The van der Waals surface area contributed by atoms with Gasteiger partial charge in [0.15, 0.2) is 0 Å². The molecule has 0 aliphatic carbocycles. The second-order valence-electron chi connectivity index (χ2n) is 1.41. The van der Waals surface area contributed by atoms with Crippen LogP contribution in [0.4, 0.5) is 0 Å². The summed E-state index contributed by atoms with van der Waals surface area (Å²) in [6.07, 6.45) is 4.33. The van der Waals surface area contributed by atoms with Crippen LogP contribution >= 0.6 is 0 Å². The summed E-state index contributed by atoms with van der Waals surface area (Å²) < 4.78 is 4.40. The van der Waals surface area contributed by atoms with Crippen LogP contribution in [-0.2, 0) is 9.53 Å². The van der Waals surface area contributed by atoms with E-state index in [2.05, 4.69) is 11.3 Å². The van der Waals surface area contributed by atoms with Crippen LogP contribution in [0.15, 0.2) is 25.0 Å². The van der Waals surface area contributed by atoms with E-state index in [0.29, 0.717) is 0 Å². The number of hydrogen-bond acceptors (Lipinski definition) is 2. The Kier molecular flexibility index (Phi) is 4.82. The fourth-order valence-electron chi connectivity index (χ4n) is 0.335. The summed E-state index contributed by atoms with van der Waals surface area (Å²) in [5.74, 6) is -0.346. The van der Waals surface area contributed by atoms with E-state index in [0.717, 1.165) is 22.5 Å². The molecule has 50 valence electrons. The zero-order chi connectivity index (χ0) is 7.11. The highest BCUT2D eigenvalue weighted by molar-refractivity contribution is 6.09. The van der Waals surface area contributed by atoms with Gasteiger partial charge < -0.3 is 4.74 Å². The van der Waals surface area contributed by atoms with Crippen molar-refractivity contribution in [2.45, 2.75) is 6.04 Å². The third-order valence-corrected chi connectivity index (χ3v) is 1.16. The molecule has 9 heavy (non-hydrogen) atoms. The minimum absolute atomic E-state index is 0.346. The van der Waals surface area contributed by atoms with Gasteiger partial charge in [0, 0.05) is 16.3 Å². The first-order chi connectivity index (χ1) is 4.31. The van der Waals surface area contributed by atoms with Crippen molar-refractivity contribution in [3.63, 3.8) is 0 Å². The number of hydrogen-bond donors (Lipinski definition) is 0. The first-order valence-corrected chi connectivity index (χ1v) is 4.20. The lowest BCUT2D eigenvalue weighted by atomic mass is 10.5. The fraction of sp³-hybridized carbons (Fsp3) is 0.167. The molecule has 0 aliphatic heterocycles. The number of carbonyl (C=O) groups is 1. The van der Waals surface area contributed by atoms with E-state index in [1.54, 1.807) is 6.08 Å². The minimum atomic E-state index is -0.346. The highest BCUT2D eigenvalue weighted by Crippen LogP contribution is 1.82. The van der Waals surface area contributed by atoms with Gasteiger partial charge in [0.1, 0.15) is 0 Å². The van der Waals surface area contributed by atoms with Crippen LogP contribution in [0.25, 0.3) is 0 Å². The third-order valence-electron chi connectivity index (χ3n) is 0.689. The number of carbonyl (C=O) groups excluding carboxylic acids is 1. The van der Waals surface area contributed by atoms with Crippen molar-refractivity contribution in [3.05, 3.63) is 25.0 Å². The van der Waals surface area contributed by atoms with Gasteiger partial charge >= 0.3 is 5.97 Å². The van der Waals surface area contributed by atoms with Crippen molar-refractivity contribution in [2.75, 3.05) is 0 Å². The Morgan fingerprint density at radius 1 is 1.78 bits per heavy atom. The zero-order valence-electron chi connectivity index (χ0n) is 5.46. The Labute approximate surface area is 57.6 Å². The van der Waals surface area contributed by atoms with Crippen LogP contribution in [0, 0.1) is 0 Å². The minimum Gasteiger partial charge on any atom is -0.432 e. The van der Waals surface area contributed by atoms with Gasteiger partial charge in [-0.1, -0.05) is 12.7 Å². The maximum absolute atomic E-state index is 10.4. The van der Waals surface area contributed by atoms with E-state index >= 15 is 0 Å². The summed E-state index contributed by atoms with van der Waals surface area (Å²) in [7, 11) is 1.08. The smallest absolute Gasteiger partial charge is 0.335 e. The lowest BCUT2D eigenvalue weighted by Crippen LogP contribution is -1.91. The van der Waals surface area contributed by atoms with Gasteiger partial charge in [-0.05, 0) is 6.04 Å². The average molecular weight is 142 g/mol. The Bertz CT molecular complexity index is 129. The molecule has 0 bridgehead atoms. The van der Waals surface area contributed by atoms with Gasteiger partial charge in [0.2, 0.25) is 0 Å². The highest BCUT2D eigenvalue weighted by Gasteiger charge is 1.87. The van der Waals surface area contributed by atoms with E-state index in [-0.39, 0.29) is 5.97 Å². The third kappa shape index (κ3) is 5.03. The molecule has 0 aromatic carbocycles. The molecule has 0 heterocycles. The van der Waals surface area contributed by atoms with Gasteiger partial charge in [-0.25, -0.2) is 4.79 Å². The summed E-state index contributed by atoms with van der Waals surface area (Å²) in [4.78, 5) is 10.4. The quantitative estimate of drug-likeness (QED) is 0.240. The second kappa shape index (κ2) is 5.31. The van der Waals surface area contributed by atoms with Crippen molar-refractivity contribution in [3.8, 4) is 0 Å². The van der Waals surface area contributed by atoms with Crippen LogP contribution in [0.5, 0.6) is 0 Å². The van der Waals surface area contributed by atoms with Crippen molar-refractivity contribution in [2.24, 2.45) is 0 Å². The van der Waals surface area contributed by atoms with E-state index in [1.807, 2.05) is 0 Å². The molecule has 0 rings (SSSR count). The van der Waals surface area contributed by atoms with Crippen molar-refractivity contribution >= 4 is 16.2 Å². The normalized spacial score (nSPS) is 9.78. The molecule has 0 atom stereocenters. The summed E-state index contributed by atoms with van der Waals surface area (Å²) in [6, 6.07) is 0.978. The Morgan fingerprint density at radius 2 is 2.44 bits per heavy atom. The number of ether oxygens (including phenoxy) is 1. The molecule has 0 aromatic heterocycles. The average Bonchev–Trinajstić information content (AvgIpc) is 1.85. The highest BCUT2D eigenvalue weighted by atomic mass is 28.1. The maximum Gasteiger partial charge on any atom is 0.335 e. The van der Waals surface area contributed by atoms with Gasteiger partial charge in [-0.15, -0.1) is 0 Å². The number of allylic oxidation sites excluding steroid dienone is 1. The van der Waals surface area contributed by atoms with Crippen molar-refractivity contribution < 1.29 is 9.53 Å². The summed E-state index contributed by atoms with van der Waals surface area (Å²) in [6.45, 7) is 3.24. The van der Waals surface area contributed by atoms with Crippen LogP contribution in [0.1, 0.15) is 0 Å². The van der Waals surface area contributed by atoms with Crippen molar-refractivity contribution in [1.82, 2.24) is 0 Å². The molecule has 0 aliphatic rings. The molecule has 0 saturated heterocycles. The predicted octanol–water partition coefficient (Wildman–Crippen LogP) is 0.0130. The molecule has 0 amide bonds. The van der Waals surface area contributed by atoms with Gasteiger partial charge in [-0.3, -0.25) is 0 Å². The molecular formula is C6H10O2Si. The predicted molar refractivity (Wildman–Crippen MR) is 40.2 cm³/mol. The molecule has 0 saturated carbocycles. The van der Waals surface area contributed by atoms with E-state index in [9.17, 15) is 4.79 Å². The molecule has 2 nitrogen and oxygen atoms in total. The SMILES string of the molecule is C=COC(=O)C=CC[SiH3]. The van der Waals surface area contributed by atoms with Gasteiger partial charge in [-0.2, -0.15) is 0 Å². The van der Waals surface area contributed by atoms with E-state index in [1.165, 1.54) is 6.08 Å². The van der Waals surface area contributed by atoms with Crippen LogP contribution in [0.2, 0.25) is 6.04 Å². The Morgan fingerprint density at radius 3 is 2.89 bits per heavy atom. The van der Waals surface area contributed by atoms with E-state index in [4.69, 9.17) is 0 Å². The van der Waals surface area contributed by atoms with Crippen LogP contribution < -0.4 is 0 Å². The lowest BCUT2D eigenvalue weighted by molar-refractivity contribution is -0.132. The second-order valence-corrected chi connectivity index (χ2v) is 2.23. The number of esters is 1. The maximum atomic E-state index is 10.4. The molecule has 0 aromatic rings. The molecule has 0 fully saturated rings. The molecule has 0 radical (unpaired) electrons. The first-order valence-electron chi connectivity index (χ1n) is 2.79. The molecular weight excluding hydrogens is 132 g/mol. The molecule has 0 N–H and O–H groups in total. The standard InChI is InChI=1S/C6H10O2Si/c1-2-8-6(7)4-3-5-9/h2-4H,1,5H2,9H3.